The van der Waals surface area contributed by atoms with Crippen molar-refractivity contribution in [1.29, 1.82) is 0 Å². The number of nitrogens with zero attached hydrogens (tertiary/aromatic N) is 3. The largest absolute Gasteiger partial charge is 0.276 e. The van der Waals surface area contributed by atoms with Gasteiger partial charge in [-0.2, -0.15) is 4.57 Å². The van der Waals surface area contributed by atoms with Crippen LogP contribution in [-0.4, -0.2) is 14.5 Å². The molecule has 0 bridgehead atoms. The highest BCUT2D eigenvalue weighted by molar-refractivity contribution is 9.12. The molecule has 0 fully saturated rings. The van der Waals surface area contributed by atoms with Gasteiger partial charge in [-0.05, 0) is 40.2 Å². The van der Waals surface area contributed by atoms with E-state index in [0.717, 1.165) is 27.9 Å². The number of nitrogens with one attached hydrogen (secondary N) is 1. The summed E-state index contributed by atoms with van der Waals surface area (Å²) in [6.45, 7) is 0. The Morgan fingerprint density at radius 3 is 2.77 bits per heavy atom. The molecule has 0 saturated carbocycles. The van der Waals surface area contributed by atoms with E-state index in [1.54, 1.807) is 6.33 Å². The number of fused-ring (bicyclic) bond motifs is 2. The molecule has 4 rings (SSSR count). The fourth-order valence-electron chi connectivity index (χ4n) is 2.61. The standard InChI is InChI=1S/C16H10BrClN4/c17-15(18)16(21-9-19-11-5-1-3-7-13(11)21)22-10-20-12-6-2-4-8-14(12)22/h1-10H/p+1. The minimum atomic E-state index is 0.505. The molecular weight excluding hydrogens is 364 g/mol. The molecule has 4 nitrogen and oxygen atoms in total. The molecule has 0 aliphatic heterocycles. The zero-order chi connectivity index (χ0) is 15.1. The molecule has 2 aromatic carbocycles. The molecule has 0 atom stereocenters. The third-order valence-corrected chi connectivity index (χ3v) is 4.12. The zero-order valence-electron chi connectivity index (χ0n) is 11.4. The van der Waals surface area contributed by atoms with Gasteiger partial charge in [-0.25, -0.2) is 9.55 Å². The third-order valence-electron chi connectivity index (χ3n) is 3.59. The van der Waals surface area contributed by atoms with Crippen LogP contribution in [0.2, 0.25) is 0 Å². The molecule has 0 unspecified atom stereocenters. The van der Waals surface area contributed by atoms with Crippen molar-refractivity contribution in [2.24, 2.45) is 0 Å². The minimum absolute atomic E-state index is 0.505. The van der Waals surface area contributed by atoms with Crippen molar-refractivity contribution in [2.75, 3.05) is 0 Å². The summed E-state index contributed by atoms with van der Waals surface area (Å²) in [7, 11) is 0. The number of hydrogen-bond donors (Lipinski definition) is 1. The number of halogens is 2. The highest BCUT2D eigenvalue weighted by Crippen LogP contribution is 2.21. The Morgan fingerprint density at radius 1 is 1.14 bits per heavy atom. The molecule has 0 aliphatic rings. The molecule has 0 amide bonds. The number of para-hydroxylation sites is 4. The second-order valence-corrected chi connectivity index (χ2v) is 6.48. The first-order valence-corrected chi connectivity index (χ1v) is 7.88. The van der Waals surface area contributed by atoms with E-state index in [0.29, 0.717) is 3.94 Å². The van der Waals surface area contributed by atoms with Crippen LogP contribution in [0, 0.1) is 5.82 Å². The Balaban J connectivity index is 2.02. The summed E-state index contributed by atoms with van der Waals surface area (Å²) in [5, 5.41) is 0. The van der Waals surface area contributed by atoms with E-state index in [-0.39, 0.29) is 0 Å². The van der Waals surface area contributed by atoms with Gasteiger partial charge >= 0.3 is 0 Å². The van der Waals surface area contributed by atoms with Crippen LogP contribution in [0.1, 0.15) is 0 Å². The van der Waals surface area contributed by atoms with Crippen LogP contribution in [0.4, 0.5) is 0 Å². The fourth-order valence-corrected chi connectivity index (χ4v) is 3.17. The van der Waals surface area contributed by atoms with Crippen LogP contribution in [0.15, 0.2) is 65.1 Å². The normalized spacial score (nSPS) is 12.8. The molecule has 0 spiro atoms. The summed E-state index contributed by atoms with van der Waals surface area (Å²) in [5.74, 6) is 0.785. The van der Waals surface area contributed by atoms with E-state index in [1.807, 2.05) is 64.0 Å². The highest BCUT2D eigenvalue weighted by atomic mass is 79.9. The topological polar surface area (TPSA) is 37.5 Å². The number of H-pyrrole nitrogens is 1. The van der Waals surface area contributed by atoms with Crippen LogP contribution in [-0.2, 0) is 0 Å². The van der Waals surface area contributed by atoms with Crippen LogP contribution in [0.3, 0.4) is 0 Å². The van der Waals surface area contributed by atoms with Crippen molar-refractivity contribution in [1.82, 2.24) is 14.5 Å². The first-order valence-electron chi connectivity index (χ1n) is 6.71. The van der Waals surface area contributed by atoms with Crippen molar-refractivity contribution in [3.05, 3.63) is 70.9 Å². The lowest BCUT2D eigenvalue weighted by Crippen LogP contribution is -2.38. The lowest BCUT2D eigenvalue weighted by Gasteiger charge is -2.05. The van der Waals surface area contributed by atoms with Gasteiger partial charge in [-0.15, -0.1) is 0 Å². The lowest BCUT2D eigenvalue weighted by atomic mass is 10.3. The first kappa shape index (κ1) is 13.5. The molecule has 0 saturated heterocycles. The molecule has 4 aromatic rings. The quantitative estimate of drug-likeness (QED) is 0.531. The summed E-state index contributed by atoms with van der Waals surface area (Å²) in [4.78, 5) is 7.69. The summed E-state index contributed by atoms with van der Waals surface area (Å²) >= 11 is 9.76. The summed E-state index contributed by atoms with van der Waals surface area (Å²) < 4.78 is 4.47. The lowest BCUT2D eigenvalue weighted by molar-refractivity contribution is -0.619. The predicted molar refractivity (Wildman–Crippen MR) is 90.6 cm³/mol. The maximum absolute atomic E-state index is 6.34. The second-order valence-electron chi connectivity index (χ2n) is 4.85. The van der Waals surface area contributed by atoms with Gasteiger partial charge in [0.05, 0.1) is 0 Å². The molecule has 0 radical (unpaired) electrons. The van der Waals surface area contributed by atoms with Gasteiger partial charge < -0.3 is 0 Å². The Morgan fingerprint density at radius 2 is 1.91 bits per heavy atom. The highest BCUT2D eigenvalue weighted by Gasteiger charge is 2.21. The SMILES string of the molecule is Cl/C(Br)=C(/n1cnc2ccccc21)[n+]1c[nH]c2ccccc21. The summed E-state index contributed by atoms with van der Waals surface area (Å²) in [6, 6.07) is 16.0. The Labute approximate surface area is 139 Å². The molecule has 22 heavy (non-hydrogen) atoms. The number of imidazole rings is 2. The minimum Gasteiger partial charge on any atom is -0.276 e. The van der Waals surface area contributed by atoms with Gasteiger partial charge in [0.15, 0.2) is 16.6 Å². The van der Waals surface area contributed by atoms with Crippen LogP contribution < -0.4 is 4.57 Å². The van der Waals surface area contributed by atoms with Crippen molar-refractivity contribution in [3.8, 4) is 0 Å². The Bertz CT molecular complexity index is 935. The van der Waals surface area contributed by atoms with Gasteiger partial charge in [0.1, 0.15) is 22.1 Å². The van der Waals surface area contributed by atoms with Gasteiger partial charge in [0.2, 0.25) is 0 Å². The average molecular weight is 375 g/mol. The van der Waals surface area contributed by atoms with E-state index in [2.05, 4.69) is 25.9 Å². The van der Waals surface area contributed by atoms with Crippen molar-refractivity contribution in [3.63, 3.8) is 0 Å². The van der Waals surface area contributed by atoms with Crippen LogP contribution >= 0.6 is 27.5 Å². The number of benzene rings is 2. The number of hydrogen-bond acceptors (Lipinski definition) is 1. The van der Waals surface area contributed by atoms with Gasteiger partial charge in [0.25, 0.3) is 5.82 Å². The van der Waals surface area contributed by atoms with Crippen molar-refractivity contribution >= 4 is 49.6 Å². The Hall–Kier alpha value is -2.11. The predicted octanol–water partition coefficient (Wildman–Crippen LogP) is 3.89. The molecule has 2 aromatic heterocycles. The number of rotatable bonds is 2. The molecule has 2 heterocycles. The molecule has 0 aliphatic carbocycles. The van der Waals surface area contributed by atoms with E-state index >= 15 is 0 Å². The van der Waals surface area contributed by atoms with E-state index < -0.39 is 0 Å². The molecular formula is C16H11BrClN4+. The molecule has 6 heteroatoms. The van der Waals surface area contributed by atoms with Gasteiger partial charge in [0, 0.05) is 0 Å². The maximum atomic E-state index is 6.34. The summed E-state index contributed by atoms with van der Waals surface area (Å²) in [5.41, 5.74) is 3.99. The van der Waals surface area contributed by atoms with Gasteiger partial charge in [-0.1, -0.05) is 35.9 Å². The van der Waals surface area contributed by atoms with E-state index in [9.17, 15) is 0 Å². The van der Waals surface area contributed by atoms with E-state index in [4.69, 9.17) is 11.6 Å². The van der Waals surface area contributed by atoms with Crippen molar-refractivity contribution in [2.45, 2.75) is 0 Å². The molecule has 108 valence electrons. The monoisotopic (exact) mass is 373 g/mol. The number of aromatic amines is 1. The summed E-state index contributed by atoms with van der Waals surface area (Å²) in [6.07, 6.45) is 3.66. The van der Waals surface area contributed by atoms with Crippen LogP contribution in [0.25, 0.3) is 22.1 Å². The smallest absolute Gasteiger partial charge is 0.265 e. The second kappa shape index (κ2) is 5.26. The fraction of sp³-hybridized carbons (Fsp3) is 0. The maximum Gasteiger partial charge on any atom is 0.265 e. The zero-order valence-corrected chi connectivity index (χ0v) is 13.7. The molecule has 1 N–H and O–H groups in total. The van der Waals surface area contributed by atoms with Crippen molar-refractivity contribution < 1.29 is 4.57 Å². The third kappa shape index (κ3) is 2.05. The average Bonchev–Trinajstić information content (AvgIpc) is 3.13. The van der Waals surface area contributed by atoms with Crippen LogP contribution in [0.5, 0.6) is 0 Å². The number of aromatic nitrogens is 4. The first-order chi connectivity index (χ1) is 10.8. The Kier molecular flexibility index (Phi) is 3.24. The van der Waals surface area contributed by atoms with E-state index in [1.165, 1.54) is 0 Å². The van der Waals surface area contributed by atoms with Gasteiger partial charge in [-0.3, -0.25) is 4.98 Å².